The maximum absolute atomic E-state index is 13.5. The summed E-state index contributed by atoms with van der Waals surface area (Å²) in [6, 6.07) is 1.59. The van der Waals surface area contributed by atoms with Gasteiger partial charge in [0.2, 0.25) is 0 Å². The van der Waals surface area contributed by atoms with Gasteiger partial charge in [0.05, 0.1) is 5.56 Å². The van der Waals surface area contributed by atoms with E-state index in [2.05, 4.69) is 0 Å². The van der Waals surface area contributed by atoms with Crippen LogP contribution < -0.4 is 5.73 Å². The fraction of sp³-hybridized carbons (Fsp3) is 0.500. The molecule has 0 aliphatic heterocycles. The average Bonchev–Trinajstić information content (AvgIpc) is 2.41. The van der Waals surface area contributed by atoms with Gasteiger partial charge in [-0.15, -0.1) is 12.4 Å². The third-order valence-corrected chi connectivity index (χ3v) is 3.27. The van der Waals surface area contributed by atoms with Gasteiger partial charge in [-0.25, -0.2) is 13.2 Å². The van der Waals surface area contributed by atoms with Gasteiger partial charge in [0, 0.05) is 19.6 Å². The monoisotopic (exact) mass is 324 g/mol. The highest BCUT2D eigenvalue weighted by Gasteiger charge is 2.21. The van der Waals surface area contributed by atoms with Crippen LogP contribution in [0.5, 0.6) is 0 Å². The third kappa shape index (κ3) is 4.89. The topological polar surface area (TPSA) is 46.3 Å². The first kappa shape index (κ1) is 19.7. The van der Waals surface area contributed by atoms with Crippen LogP contribution in [0.3, 0.4) is 0 Å². The molecule has 0 aliphatic carbocycles. The lowest BCUT2D eigenvalue weighted by Gasteiger charge is -2.21. The maximum Gasteiger partial charge on any atom is 0.256 e. The van der Waals surface area contributed by atoms with Gasteiger partial charge >= 0.3 is 0 Å². The minimum absolute atomic E-state index is 0. The van der Waals surface area contributed by atoms with Crippen LogP contribution in [0.2, 0.25) is 0 Å². The number of halogens is 4. The van der Waals surface area contributed by atoms with Crippen LogP contribution in [-0.4, -0.2) is 30.4 Å². The van der Waals surface area contributed by atoms with Gasteiger partial charge in [0.15, 0.2) is 17.5 Å². The zero-order valence-electron chi connectivity index (χ0n) is 12.2. The smallest absolute Gasteiger partial charge is 0.256 e. The summed E-state index contributed by atoms with van der Waals surface area (Å²) in [6.45, 7) is 4.24. The fourth-order valence-electron chi connectivity index (χ4n) is 1.67. The summed E-state index contributed by atoms with van der Waals surface area (Å²) in [7, 11) is 1.47. The van der Waals surface area contributed by atoms with E-state index in [1.165, 1.54) is 11.9 Å². The number of rotatable bonds is 5. The molecular weight excluding hydrogens is 305 g/mol. The Balaban J connectivity index is 0.00000400. The van der Waals surface area contributed by atoms with Crippen LogP contribution in [0.15, 0.2) is 12.1 Å². The number of carbonyl (C=O) groups is 1. The molecule has 1 atom stereocenters. The molecule has 1 unspecified atom stereocenters. The maximum atomic E-state index is 13.5. The second-order valence-corrected chi connectivity index (χ2v) is 5.15. The summed E-state index contributed by atoms with van der Waals surface area (Å²) < 4.78 is 39.4. The molecule has 21 heavy (non-hydrogen) atoms. The molecule has 7 heteroatoms. The number of benzene rings is 1. The summed E-state index contributed by atoms with van der Waals surface area (Å²) in [5.74, 6) is -4.85. The number of carbonyl (C=O) groups excluding carboxylic acids is 1. The second-order valence-electron chi connectivity index (χ2n) is 5.15. The number of nitrogens with two attached hydrogens (primary N) is 1. The minimum Gasteiger partial charge on any atom is -0.342 e. The van der Waals surface area contributed by atoms with Crippen LogP contribution in [-0.2, 0) is 0 Å². The summed E-state index contributed by atoms with van der Waals surface area (Å²) >= 11 is 0. The molecule has 0 bridgehead atoms. The molecule has 1 aromatic rings. The summed E-state index contributed by atoms with van der Waals surface area (Å²) in [5.41, 5.74) is 5.37. The van der Waals surface area contributed by atoms with Gasteiger partial charge in [-0.1, -0.05) is 13.8 Å². The SMILES string of the molecule is CC(C)C(N)CCN(C)C(=O)c1ccc(F)c(F)c1F.Cl. The quantitative estimate of drug-likeness (QED) is 0.846. The normalized spacial score (nSPS) is 12.0. The third-order valence-electron chi connectivity index (χ3n) is 3.27. The first-order valence-electron chi connectivity index (χ1n) is 6.40. The van der Waals surface area contributed by atoms with E-state index in [4.69, 9.17) is 5.73 Å². The van der Waals surface area contributed by atoms with Gasteiger partial charge in [0.1, 0.15) is 0 Å². The summed E-state index contributed by atoms with van der Waals surface area (Å²) in [6.07, 6.45) is 0.547. The van der Waals surface area contributed by atoms with Gasteiger partial charge in [0.25, 0.3) is 5.91 Å². The van der Waals surface area contributed by atoms with E-state index >= 15 is 0 Å². The van der Waals surface area contributed by atoms with Crippen LogP contribution >= 0.6 is 12.4 Å². The predicted octanol–water partition coefficient (Wildman–Crippen LogP) is 2.97. The minimum atomic E-state index is -1.64. The molecule has 0 spiro atoms. The Morgan fingerprint density at radius 1 is 1.24 bits per heavy atom. The van der Waals surface area contributed by atoms with Gasteiger partial charge in [-0.2, -0.15) is 0 Å². The first-order valence-corrected chi connectivity index (χ1v) is 6.40. The van der Waals surface area contributed by atoms with Crippen molar-refractivity contribution in [3.05, 3.63) is 35.1 Å². The van der Waals surface area contributed by atoms with E-state index in [9.17, 15) is 18.0 Å². The van der Waals surface area contributed by atoms with Crippen molar-refractivity contribution >= 4 is 18.3 Å². The Bertz CT molecular complexity index is 497. The van der Waals surface area contributed by atoms with Crippen molar-refractivity contribution in [3.8, 4) is 0 Å². The molecule has 0 saturated heterocycles. The standard InChI is InChI=1S/C14H19F3N2O.ClH/c1-8(2)11(18)6-7-19(3)14(20)9-4-5-10(15)13(17)12(9)16;/h4-5,8,11H,6-7,18H2,1-3H3;1H. The average molecular weight is 325 g/mol. The van der Waals surface area contributed by atoms with Crippen LogP contribution in [0.25, 0.3) is 0 Å². The number of nitrogens with zero attached hydrogens (tertiary/aromatic N) is 1. The fourth-order valence-corrected chi connectivity index (χ4v) is 1.67. The highest BCUT2D eigenvalue weighted by Crippen LogP contribution is 2.17. The van der Waals surface area contributed by atoms with E-state index in [0.717, 1.165) is 12.1 Å². The molecule has 0 aliphatic rings. The molecule has 1 aromatic carbocycles. The predicted molar refractivity (Wildman–Crippen MR) is 78.0 cm³/mol. The van der Waals surface area contributed by atoms with Gasteiger partial charge < -0.3 is 10.6 Å². The molecule has 0 heterocycles. The lowest BCUT2D eigenvalue weighted by Crippen LogP contribution is -2.35. The number of amides is 1. The van der Waals surface area contributed by atoms with Crippen molar-refractivity contribution in [1.82, 2.24) is 4.90 Å². The Hall–Kier alpha value is -1.27. The highest BCUT2D eigenvalue weighted by molar-refractivity contribution is 5.94. The first-order chi connectivity index (χ1) is 9.25. The van der Waals surface area contributed by atoms with E-state index in [0.29, 0.717) is 13.0 Å². The van der Waals surface area contributed by atoms with E-state index in [1.54, 1.807) is 0 Å². The van der Waals surface area contributed by atoms with Crippen molar-refractivity contribution in [2.45, 2.75) is 26.3 Å². The molecule has 1 rings (SSSR count). The Morgan fingerprint density at radius 3 is 2.33 bits per heavy atom. The molecular formula is C14H20ClF3N2O. The van der Waals surface area contributed by atoms with Crippen LogP contribution in [0.4, 0.5) is 13.2 Å². The van der Waals surface area contributed by atoms with E-state index < -0.39 is 28.9 Å². The molecule has 3 nitrogen and oxygen atoms in total. The summed E-state index contributed by atoms with van der Waals surface area (Å²) in [5, 5.41) is 0. The van der Waals surface area contributed by atoms with Crippen LogP contribution in [0.1, 0.15) is 30.6 Å². The lowest BCUT2D eigenvalue weighted by molar-refractivity contribution is 0.0783. The van der Waals surface area contributed by atoms with Crippen molar-refractivity contribution in [1.29, 1.82) is 0 Å². The Labute approximate surface area is 128 Å². The van der Waals surface area contributed by atoms with Crippen LogP contribution in [0, 0.1) is 23.4 Å². The number of hydrogen-bond acceptors (Lipinski definition) is 2. The molecule has 2 N–H and O–H groups in total. The molecule has 0 saturated carbocycles. The number of hydrogen-bond donors (Lipinski definition) is 1. The zero-order valence-corrected chi connectivity index (χ0v) is 13.0. The van der Waals surface area contributed by atoms with Crippen molar-refractivity contribution in [2.75, 3.05) is 13.6 Å². The molecule has 0 radical (unpaired) electrons. The Kier molecular flexibility index (Phi) is 7.74. The van der Waals surface area contributed by atoms with Crippen molar-refractivity contribution in [2.24, 2.45) is 11.7 Å². The molecule has 0 fully saturated rings. The molecule has 0 aromatic heterocycles. The lowest BCUT2D eigenvalue weighted by atomic mass is 10.0. The van der Waals surface area contributed by atoms with Crippen molar-refractivity contribution < 1.29 is 18.0 Å². The van der Waals surface area contributed by atoms with Gasteiger partial charge in [-0.05, 0) is 24.5 Å². The van der Waals surface area contributed by atoms with E-state index in [1.807, 2.05) is 13.8 Å². The largest absolute Gasteiger partial charge is 0.342 e. The molecule has 1 amide bonds. The van der Waals surface area contributed by atoms with E-state index in [-0.39, 0.29) is 24.4 Å². The second kappa shape index (κ2) is 8.24. The van der Waals surface area contributed by atoms with Crippen molar-refractivity contribution in [3.63, 3.8) is 0 Å². The zero-order chi connectivity index (χ0) is 15.4. The highest BCUT2D eigenvalue weighted by atomic mass is 35.5. The molecule has 120 valence electrons. The summed E-state index contributed by atoms with van der Waals surface area (Å²) in [4.78, 5) is 13.2. The Morgan fingerprint density at radius 2 is 1.81 bits per heavy atom. The van der Waals surface area contributed by atoms with Gasteiger partial charge in [-0.3, -0.25) is 4.79 Å².